The fraction of sp³-hybridized carbons (Fsp3) is 0.911. The highest BCUT2D eigenvalue weighted by molar-refractivity contribution is 7.47. The summed E-state index contributed by atoms with van der Waals surface area (Å²) in [4.78, 5) is 66.4. The first-order valence-electron chi connectivity index (χ1n) is 46.5. The Morgan fingerprint density at radius 2 is 0.698 bits per heavy atom. The van der Waals surface area contributed by atoms with Crippen LogP contribution in [0.15, 0.2) is 24.3 Å². The van der Waals surface area contributed by atoms with Crippen molar-refractivity contribution >= 4 is 31.7 Å². The van der Waals surface area contributed by atoms with Crippen molar-refractivity contribution in [2.24, 2.45) is 5.92 Å². The van der Waals surface area contributed by atoms with Crippen LogP contribution in [0.5, 0.6) is 0 Å². The summed E-state index contributed by atoms with van der Waals surface area (Å²) in [6.45, 7) is 7.85. The van der Waals surface area contributed by atoms with E-state index in [1.54, 1.807) is 0 Å². The Morgan fingerprint density at radius 3 is 1.13 bits per heavy atom. The van der Waals surface area contributed by atoms with Gasteiger partial charge in [-0.3, -0.25) is 28.2 Å². The number of carbonyl (C=O) groups is 4. The Balaban J connectivity index is 1.94. The predicted molar refractivity (Wildman–Crippen MR) is 449 cm³/mol. The molecule has 0 bridgehead atoms. The number of aliphatic hydroxyl groups is 9. The SMILES string of the molecule is CCCCCC/C=C\CCCCCCCCCC(=O)OCC(COP(=O)(O)OC1C(OC2OC(CO)C(O)C(O)C2O)C(O)C(O)C(OC(=O)CCCCCCCCC(C)CCCCCCCC)C1OC1OC(COC(=O)CCCCCCCCCCCCCCC)C(O)C(O)C1O)OC(=O)CCCCC/C=C\CCCCCCCC. The summed E-state index contributed by atoms with van der Waals surface area (Å²) in [6.07, 6.45) is 26.2. The average Bonchev–Trinajstić information content (AvgIpc) is 0.754. The van der Waals surface area contributed by atoms with Gasteiger partial charge in [0.25, 0.3) is 0 Å². The summed E-state index contributed by atoms with van der Waals surface area (Å²) in [5, 5.41) is 102. The van der Waals surface area contributed by atoms with Crippen LogP contribution in [-0.4, -0.2) is 205 Å². The number of hydrogen-bond donors (Lipinski definition) is 10. The Bertz CT molecular complexity index is 2530. The predicted octanol–water partition coefficient (Wildman–Crippen LogP) is 16.8. The molecule has 0 radical (unpaired) electrons. The van der Waals surface area contributed by atoms with Gasteiger partial charge >= 0.3 is 31.7 Å². The lowest BCUT2D eigenvalue weighted by molar-refractivity contribution is -0.360. The van der Waals surface area contributed by atoms with E-state index in [9.17, 15) is 74.6 Å². The van der Waals surface area contributed by atoms with Gasteiger partial charge in [0.05, 0.1) is 13.2 Å². The van der Waals surface area contributed by atoms with Crippen molar-refractivity contribution in [1.29, 1.82) is 0 Å². The topological polar surface area (TPSA) is 380 Å². The third-order valence-corrected chi connectivity index (χ3v) is 23.8. The molecule has 10 N–H and O–H groups in total. The number of hydrogen-bond acceptors (Lipinski definition) is 24. The molecule has 2 heterocycles. The smallest absolute Gasteiger partial charge is 0.463 e. The van der Waals surface area contributed by atoms with Crippen molar-refractivity contribution < 1.29 is 122 Å². The molecule has 0 aromatic rings. The van der Waals surface area contributed by atoms with Gasteiger partial charge in [-0.1, -0.05) is 309 Å². The first kappa shape index (κ1) is 107. The van der Waals surface area contributed by atoms with Gasteiger partial charge in [0.1, 0.15) is 92.6 Å². The van der Waals surface area contributed by atoms with Gasteiger partial charge in [0.2, 0.25) is 0 Å². The molecule has 0 aromatic heterocycles. The van der Waals surface area contributed by atoms with Crippen LogP contribution < -0.4 is 0 Å². The molecule has 2 saturated heterocycles. The Morgan fingerprint density at radius 1 is 0.362 bits per heavy atom. The van der Waals surface area contributed by atoms with E-state index in [1.165, 1.54) is 148 Å². The number of aliphatic hydroxyl groups excluding tert-OH is 9. The Labute approximate surface area is 698 Å². The lowest BCUT2D eigenvalue weighted by Gasteiger charge is -2.50. The van der Waals surface area contributed by atoms with Gasteiger partial charge in [-0.05, 0) is 83.0 Å². The highest BCUT2D eigenvalue weighted by Gasteiger charge is 2.60. The molecule has 2 aliphatic heterocycles. The maximum absolute atomic E-state index is 14.9. The second-order valence-corrected chi connectivity index (χ2v) is 34.8. The van der Waals surface area contributed by atoms with Crippen LogP contribution in [0.2, 0.25) is 0 Å². The highest BCUT2D eigenvalue weighted by Crippen LogP contribution is 2.49. The molecule has 0 aromatic carbocycles. The number of carbonyl (C=O) groups excluding carboxylic acids is 4. The summed E-state index contributed by atoms with van der Waals surface area (Å²) < 4.78 is 73.4. The van der Waals surface area contributed by atoms with Crippen LogP contribution in [0, 0.1) is 5.92 Å². The maximum atomic E-state index is 14.9. The van der Waals surface area contributed by atoms with Crippen molar-refractivity contribution in [3.8, 4) is 0 Å². The lowest BCUT2D eigenvalue weighted by Crippen LogP contribution is -2.70. The zero-order valence-electron chi connectivity index (χ0n) is 72.5. The number of phosphoric ester groups is 1. The van der Waals surface area contributed by atoms with Crippen molar-refractivity contribution in [3.05, 3.63) is 24.3 Å². The second-order valence-electron chi connectivity index (χ2n) is 33.4. The van der Waals surface area contributed by atoms with Crippen molar-refractivity contribution in [2.45, 2.75) is 492 Å². The quantitative estimate of drug-likeness (QED) is 0.00889. The molecule has 3 fully saturated rings. The largest absolute Gasteiger partial charge is 0.472 e. The molecule has 25 nitrogen and oxygen atoms in total. The van der Waals surface area contributed by atoms with E-state index in [-0.39, 0.29) is 25.7 Å². The van der Waals surface area contributed by atoms with E-state index in [2.05, 4.69) is 58.9 Å². The van der Waals surface area contributed by atoms with E-state index in [1.807, 2.05) is 0 Å². The summed E-state index contributed by atoms with van der Waals surface area (Å²) in [5.74, 6) is -2.36. The van der Waals surface area contributed by atoms with Crippen molar-refractivity contribution in [3.63, 3.8) is 0 Å². The van der Waals surface area contributed by atoms with E-state index < -0.39 is 162 Å². The van der Waals surface area contributed by atoms with Gasteiger partial charge in [0.15, 0.2) is 24.8 Å². The zero-order chi connectivity index (χ0) is 84.8. The van der Waals surface area contributed by atoms with Crippen LogP contribution in [-0.2, 0) is 70.7 Å². The lowest BCUT2D eigenvalue weighted by atomic mass is 9.84. The van der Waals surface area contributed by atoms with Gasteiger partial charge in [0, 0.05) is 25.7 Å². The summed E-state index contributed by atoms with van der Waals surface area (Å²) in [7, 11) is -5.81. The van der Waals surface area contributed by atoms with Crippen molar-refractivity contribution in [1.82, 2.24) is 0 Å². The van der Waals surface area contributed by atoms with Crippen LogP contribution in [0.25, 0.3) is 0 Å². The van der Waals surface area contributed by atoms with Crippen LogP contribution in [0.1, 0.15) is 388 Å². The summed E-state index contributed by atoms with van der Waals surface area (Å²) in [6, 6.07) is 0. The van der Waals surface area contributed by atoms with Crippen LogP contribution in [0.3, 0.4) is 0 Å². The molecule has 1 aliphatic carbocycles. The van der Waals surface area contributed by atoms with Crippen LogP contribution >= 0.6 is 7.82 Å². The molecular weight excluding hydrogens is 1510 g/mol. The molecule has 26 heteroatoms. The van der Waals surface area contributed by atoms with Gasteiger partial charge in [-0.15, -0.1) is 0 Å². The summed E-state index contributed by atoms with van der Waals surface area (Å²) >= 11 is 0. The first-order valence-corrected chi connectivity index (χ1v) is 48.0. The first-order chi connectivity index (χ1) is 56.1. The minimum Gasteiger partial charge on any atom is -0.463 e. The normalized spacial score (nSPS) is 25.5. The second kappa shape index (κ2) is 68.4. The molecular formula is C90H165O25P. The molecule has 116 heavy (non-hydrogen) atoms. The third kappa shape index (κ3) is 48.7. The third-order valence-electron chi connectivity index (χ3n) is 22.8. The minimum atomic E-state index is -5.81. The van der Waals surface area contributed by atoms with E-state index in [0.717, 1.165) is 141 Å². The van der Waals surface area contributed by atoms with Gasteiger partial charge in [-0.2, -0.15) is 0 Å². The number of esters is 4. The minimum absolute atomic E-state index is 0.0161. The number of rotatable bonds is 74. The monoisotopic (exact) mass is 1680 g/mol. The molecule has 1 saturated carbocycles. The zero-order valence-corrected chi connectivity index (χ0v) is 73.4. The van der Waals surface area contributed by atoms with Gasteiger partial charge in [-0.25, -0.2) is 4.57 Å². The number of ether oxygens (including phenoxy) is 8. The van der Waals surface area contributed by atoms with Crippen molar-refractivity contribution in [2.75, 3.05) is 26.4 Å². The van der Waals surface area contributed by atoms with E-state index in [0.29, 0.717) is 44.4 Å². The summed E-state index contributed by atoms with van der Waals surface area (Å²) in [5.41, 5.74) is 0. The molecule has 3 aliphatic rings. The molecule has 3 rings (SSSR count). The number of allylic oxidation sites excluding steroid dienone is 4. The van der Waals surface area contributed by atoms with E-state index in [4.69, 9.17) is 46.9 Å². The maximum Gasteiger partial charge on any atom is 0.472 e. The Kier molecular flexibility index (Phi) is 63.2. The van der Waals surface area contributed by atoms with Crippen LogP contribution in [0.4, 0.5) is 0 Å². The van der Waals surface area contributed by atoms with E-state index >= 15 is 0 Å². The van der Waals surface area contributed by atoms with Gasteiger partial charge < -0.3 is 88.7 Å². The number of phosphoric acid groups is 1. The standard InChI is InChI=1S/C90H165O25P/c1-6-10-14-18-22-25-28-31-32-35-37-39-42-49-55-61-73(92)106-66-70(109-75(94)63-57-51-44-41-38-34-30-27-24-20-16-12-8-3)67-108-116(104,105)115-88-86(113-89-83(102)79(98)77(96)71(65-91)110-89)82(101)81(100)85(112-76(95)64-58-52-46-45-48-54-60-69(5)59-53-47-21-17-13-9-4)87(88)114-90-84(103)80(99)78(97)72(111-90)68-107-74(93)62-56-50-43-40-36-33-29-26-23-19-15-11-7-2/h25,28,34,38,69-72,77-91,96-103H,6-24,26-27,29-33,35-37,39-68H2,1-5H3,(H,104,105)/b28-25-,38-34-. The number of unbranched alkanes of at least 4 members (excludes halogenated alkanes) is 42. The molecule has 0 spiro atoms. The fourth-order valence-corrected chi connectivity index (χ4v) is 16.3. The highest BCUT2D eigenvalue weighted by atomic mass is 31.2. The fourth-order valence-electron chi connectivity index (χ4n) is 15.3. The molecule has 680 valence electrons. The Hall–Kier alpha value is -3.05. The molecule has 0 amide bonds. The molecule has 19 atom stereocenters. The molecule has 19 unspecified atom stereocenters. The average molecular weight is 1680 g/mol.